The van der Waals surface area contributed by atoms with Crippen molar-refractivity contribution in [2.45, 2.75) is 32.7 Å². The molecule has 0 spiro atoms. The molecular weight excluding hydrogens is 418 g/mol. The van der Waals surface area contributed by atoms with Crippen molar-refractivity contribution in [2.75, 3.05) is 5.32 Å². The second-order valence-corrected chi connectivity index (χ2v) is 9.07. The summed E-state index contributed by atoms with van der Waals surface area (Å²) in [6.07, 6.45) is 5.34. The number of aromatic nitrogens is 2. The van der Waals surface area contributed by atoms with E-state index in [0.717, 1.165) is 59.5 Å². The third kappa shape index (κ3) is 3.43. The molecule has 0 saturated carbocycles. The van der Waals surface area contributed by atoms with Crippen LogP contribution in [0.15, 0.2) is 91.1 Å². The van der Waals surface area contributed by atoms with Crippen LogP contribution < -0.4 is 5.32 Å². The van der Waals surface area contributed by atoms with Crippen molar-refractivity contribution in [2.24, 2.45) is 0 Å². The number of hydrogen-bond donors (Lipinski definition) is 1. The van der Waals surface area contributed by atoms with Gasteiger partial charge in [-0.15, -0.1) is 0 Å². The van der Waals surface area contributed by atoms with Crippen molar-refractivity contribution < 1.29 is 4.79 Å². The Morgan fingerprint density at radius 3 is 2.32 bits per heavy atom. The second kappa shape index (κ2) is 8.38. The average molecular weight is 446 g/mol. The van der Waals surface area contributed by atoms with E-state index in [-0.39, 0.29) is 5.91 Å². The van der Waals surface area contributed by atoms with Crippen LogP contribution in [0.5, 0.6) is 0 Å². The maximum Gasteiger partial charge on any atom is 0.273 e. The highest BCUT2D eigenvalue weighted by atomic mass is 16.1. The predicted molar refractivity (Wildman–Crippen MR) is 138 cm³/mol. The van der Waals surface area contributed by atoms with E-state index in [1.807, 2.05) is 55.5 Å². The van der Waals surface area contributed by atoms with Crippen LogP contribution in [0.25, 0.3) is 28.0 Å². The second-order valence-electron chi connectivity index (χ2n) is 9.07. The van der Waals surface area contributed by atoms with Gasteiger partial charge >= 0.3 is 0 Å². The largest absolute Gasteiger partial charge is 0.325 e. The summed E-state index contributed by atoms with van der Waals surface area (Å²) in [6.45, 7) is 2.99. The van der Waals surface area contributed by atoms with E-state index in [2.05, 4.69) is 56.9 Å². The zero-order chi connectivity index (χ0) is 23.1. The number of carbonyl (C=O) groups is 1. The smallest absolute Gasteiger partial charge is 0.273 e. The summed E-state index contributed by atoms with van der Waals surface area (Å²) in [5.74, 6) is -0.0805. The van der Waals surface area contributed by atoms with E-state index >= 15 is 0 Å². The Bertz CT molecular complexity index is 1490. The lowest BCUT2D eigenvalue weighted by atomic mass is 9.98. The Kier molecular flexibility index (Phi) is 5.06. The molecule has 5 aromatic rings. The van der Waals surface area contributed by atoms with Gasteiger partial charge in [0.15, 0.2) is 0 Å². The van der Waals surface area contributed by atoms with Gasteiger partial charge in [0.2, 0.25) is 0 Å². The lowest BCUT2D eigenvalue weighted by molar-refractivity contribution is 0.102. The molecule has 0 fully saturated rings. The quantitative estimate of drug-likeness (QED) is 0.319. The summed E-state index contributed by atoms with van der Waals surface area (Å²) in [5, 5.41) is 3.17. The van der Waals surface area contributed by atoms with Gasteiger partial charge < -0.3 is 9.88 Å². The maximum atomic E-state index is 13.9. The molecule has 6 rings (SSSR count). The third-order valence-corrected chi connectivity index (χ3v) is 6.76. The van der Waals surface area contributed by atoms with Crippen molar-refractivity contribution in [3.8, 4) is 22.4 Å². The Labute approximate surface area is 199 Å². The lowest BCUT2D eigenvalue weighted by Crippen LogP contribution is -2.15. The van der Waals surface area contributed by atoms with Crippen molar-refractivity contribution in [3.05, 3.63) is 108 Å². The minimum Gasteiger partial charge on any atom is -0.325 e. The van der Waals surface area contributed by atoms with Crippen LogP contribution in [0.2, 0.25) is 0 Å². The fourth-order valence-corrected chi connectivity index (χ4v) is 5.28. The molecule has 0 atom stereocenters. The van der Waals surface area contributed by atoms with Gasteiger partial charge in [0, 0.05) is 29.6 Å². The summed E-state index contributed by atoms with van der Waals surface area (Å²) in [5.41, 5.74) is 9.51. The lowest BCUT2D eigenvalue weighted by Gasteiger charge is -2.10. The Hall–Kier alpha value is -4.05. The van der Waals surface area contributed by atoms with E-state index < -0.39 is 0 Å². The molecule has 1 N–H and O–H groups in total. The molecule has 0 aliphatic carbocycles. The van der Waals surface area contributed by atoms with Gasteiger partial charge in [-0.05, 0) is 55.0 Å². The Morgan fingerprint density at radius 2 is 1.59 bits per heavy atom. The fraction of sp³-hybridized carbons (Fsp3) is 0.167. The average Bonchev–Trinajstić information content (AvgIpc) is 3.28. The molecule has 0 radical (unpaired) electrons. The van der Waals surface area contributed by atoms with Crippen LogP contribution in [0, 0.1) is 6.92 Å². The standard InChI is InChI=1S/C30H27N3O/c1-21-11-10-16-24(19-21)31-29(34)28-27(23-14-6-3-7-15-23)25-17-8-9-18-32-26(20-33(28)30(25)32)22-12-4-2-5-13-22/h2-7,10-16,19-20H,8-9,17-18H2,1H3,(H,31,34). The fourth-order valence-electron chi connectivity index (χ4n) is 5.28. The number of amides is 1. The first-order valence-electron chi connectivity index (χ1n) is 12.0. The topological polar surface area (TPSA) is 38.4 Å². The van der Waals surface area contributed by atoms with E-state index in [9.17, 15) is 4.79 Å². The molecule has 0 bridgehead atoms. The monoisotopic (exact) mass is 445 g/mol. The van der Waals surface area contributed by atoms with Crippen molar-refractivity contribution in [3.63, 3.8) is 0 Å². The number of nitrogens with zero attached hydrogens (tertiary/aromatic N) is 2. The predicted octanol–water partition coefficient (Wildman–Crippen LogP) is 6.97. The van der Waals surface area contributed by atoms with Crippen LogP contribution >= 0.6 is 0 Å². The van der Waals surface area contributed by atoms with Gasteiger partial charge in [0.1, 0.15) is 11.3 Å². The summed E-state index contributed by atoms with van der Waals surface area (Å²) in [6, 6.07) is 28.8. The number of nitrogens with one attached hydrogen (secondary N) is 1. The van der Waals surface area contributed by atoms with Crippen molar-refractivity contribution in [1.82, 2.24) is 8.97 Å². The number of benzene rings is 3. The summed E-state index contributed by atoms with van der Waals surface area (Å²) in [4.78, 5) is 13.9. The van der Waals surface area contributed by atoms with Gasteiger partial charge in [-0.1, -0.05) is 72.8 Å². The number of rotatable bonds is 4. The van der Waals surface area contributed by atoms with Gasteiger partial charge in [0.25, 0.3) is 5.91 Å². The first kappa shape index (κ1) is 20.5. The van der Waals surface area contributed by atoms with E-state index in [1.54, 1.807) is 0 Å². The molecule has 4 heteroatoms. The molecule has 2 aromatic heterocycles. The third-order valence-electron chi connectivity index (χ3n) is 6.76. The van der Waals surface area contributed by atoms with Crippen LogP contribution in [-0.4, -0.2) is 14.9 Å². The van der Waals surface area contributed by atoms with Crippen LogP contribution in [0.3, 0.4) is 0 Å². The van der Waals surface area contributed by atoms with E-state index in [0.29, 0.717) is 5.69 Å². The van der Waals surface area contributed by atoms with Crippen molar-refractivity contribution >= 4 is 17.2 Å². The van der Waals surface area contributed by atoms with Crippen LogP contribution in [0.1, 0.15) is 34.5 Å². The number of hydrogen-bond acceptors (Lipinski definition) is 1. The zero-order valence-electron chi connectivity index (χ0n) is 19.3. The van der Waals surface area contributed by atoms with E-state index in [4.69, 9.17) is 0 Å². The first-order valence-corrected chi connectivity index (χ1v) is 12.0. The summed E-state index contributed by atoms with van der Waals surface area (Å²) in [7, 11) is 0. The number of imidazole rings is 1. The minimum atomic E-state index is -0.0805. The van der Waals surface area contributed by atoms with Gasteiger partial charge in [0.05, 0.1) is 5.69 Å². The highest BCUT2D eigenvalue weighted by Crippen LogP contribution is 2.39. The molecule has 3 aromatic carbocycles. The molecule has 3 heterocycles. The summed E-state index contributed by atoms with van der Waals surface area (Å²) < 4.78 is 4.55. The van der Waals surface area contributed by atoms with Gasteiger partial charge in [-0.3, -0.25) is 9.20 Å². The SMILES string of the molecule is Cc1cccc(NC(=O)c2c(-c3ccccc3)c3c4n(c(-c5ccccc5)cn24)CCCC3)c1. The highest BCUT2D eigenvalue weighted by Gasteiger charge is 2.29. The first-order chi connectivity index (χ1) is 16.7. The number of aryl methyl sites for hydroxylation is 3. The van der Waals surface area contributed by atoms with Gasteiger partial charge in [-0.25, -0.2) is 0 Å². The van der Waals surface area contributed by atoms with Crippen molar-refractivity contribution in [1.29, 1.82) is 0 Å². The molecule has 168 valence electrons. The Morgan fingerprint density at radius 1 is 0.853 bits per heavy atom. The highest BCUT2D eigenvalue weighted by molar-refractivity contribution is 6.10. The number of anilines is 1. The molecule has 1 aliphatic rings. The molecule has 0 saturated heterocycles. The van der Waals surface area contributed by atoms with Gasteiger partial charge in [-0.2, -0.15) is 0 Å². The molecule has 34 heavy (non-hydrogen) atoms. The maximum absolute atomic E-state index is 13.9. The Balaban J connectivity index is 1.61. The van der Waals surface area contributed by atoms with Crippen LogP contribution in [-0.2, 0) is 13.0 Å². The number of carbonyl (C=O) groups excluding carboxylic acids is 1. The normalized spacial score (nSPS) is 13.1. The van der Waals surface area contributed by atoms with Crippen LogP contribution in [0.4, 0.5) is 5.69 Å². The molecule has 0 unspecified atom stereocenters. The summed E-state index contributed by atoms with van der Waals surface area (Å²) >= 11 is 0. The molecular formula is C30H27N3O. The van der Waals surface area contributed by atoms with E-state index in [1.165, 1.54) is 11.1 Å². The molecule has 4 nitrogen and oxygen atoms in total. The molecule has 1 aliphatic heterocycles. The molecule has 1 amide bonds. The zero-order valence-corrected chi connectivity index (χ0v) is 19.3. The minimum absolute atomic E-state index is 0.0805.